The van der Waals surface area contributed by atoms with E-state index in [1.165, 1.54) is 12.8 Å². The van der Waals surface area contributed by atoms with E-state index in [-0.39, 0.29) is 11.5 Å². The van der Waals surface area contributed by atoms with Gasteiger partial charge in [0.15, 0.2) is 5.82 Å². The molecule has 2 nitrogen and oxygen atoms in total. The zero-order chi connectivity index (χ0) is 11.5. The van der Waals surface area contributed by atoms with Crippen molar-refractivity contribution in [2.24, 2.45) is 5.92 Å². The van der Waals surface area contributed by atoms with E-state index in [0.717, 1.165) is 19.0 Å². The zero-order valence-corrected chi connectivity index (χ0v) is 9.75. The Hall–Kier alpha value is -1.09. The summed E-state index contributed by atoms with van der Waals surface area (Å²) in [5.74, 6) is 0.584. The SMILES string of the molecule is CCN(Cc1cccc(N)c1F)CC1CC1. The molecule has 0 saturated heterocycles. The summed E-state index contributed by atoms with van der Waals surface area (Å²) in [5.41, 5.74) is 6.52. The minimum absolute atomic E-state index is 0.250. The Bertz CT molecular complexity index is 361. The van der Waals surface area contributed by atoms with Crippen molar-refractivity contribution in [3.8, 4) is 0 Å². The molecule has 0 radical (unpaired) electrons. The molecule has 3 heteroatoms. The van der Waals surface area contributed by atoms with E-state index in [9.17, 15) is 4.39 Å². The number of hydrogen-bond donors (Lipinski definition) is 1. The fraction of sp³-hybridized carbons (Fsp3) is 0.538. The molecule has 1 aliphatic carbocycles. The predicted octanol–water partition coefficient (Wildman–Crippen LogP) is 2.64. The number of nitrogen functional groups attached to an aromatic ring is 1. The fourth-order valence-electron chi connectivity index (χ4n) is 1.93. The van der Waals surface area contributed by atoms with Crippen molar-refractivity contribution in [1.29, 1.82) is 0 Å². The molecule has 0 aliphatic heterocycles. The van der Waals surface area contributed by atoms with E-state index in [1.54, 1.807) is 6.07 Å². The average Bonchev–Trinajstić information content (AvgIpc) is 3.07. The van der Waals surface area contributed by atoms with Gasteiger partial charge in [-0.1, -0.05) is 19.1 Å². The van der Waals surface area contributed by atoms with Crippen LogP contribution in [0.3, 0.4) is 0 Å². The molecule has 0 heterocycles. The van der Waals surface area contributed by atoms with E-state index < -0.39 is 0 Å². The molecule has 1 aliphatic rings. The number of hydrogen-bond acceptors (Lipinski definition) is 2. The van der Waals surface area contributed by atoms with Crippen molar-refractivity contribution in [2.75, 3.05) is 18.8 Å². The van der Waals surface area contributed by atoms with Gasteiger partial charge in [-0.2, -0.15) is 0 Å². The minimum Gasteiger partial charge on any atom is -0.396 e. The Labute approximate surface area is 96.2 Å². The highest BCUT2D eigenvalue weighted by Crippen LogP contribution is 2.30. The first-order valence-electron chi connectivity index (χ1n) is 5.96. The van der Waals surface area contributed by atoms with Crippen LogP contribution in [-0.4, -0.2) is 18.0 Å². The van der Waals surface area contributed by atoms with Crippen molar-refractivity contribution >= 4 is 5.69 Å². The molecular weight excluding hydrogens is 203 g/mol. The molecule has 1 fully saturated rings. The Morgan fingerprint density at radius 2 is 2.19 bits per heavy atom. The normalized spacial score (nSPS) is 15.7. The van der Waals surface area contributed by atoms with Crippen LogP contribution in [0.15, 0.2) is 18.2 Å². The second-order valence-corrected chi connectivity index (χ2v) is 4.59. The third kappa shape index (κ3) is 2.73. The third-order valence-electron chi connectivity index (χ3n) is 3.16. The molecule has 2 rings (SSSR count). The molecular formula is C13H19FN2. The first-order valence-corrected chi connectivity index (χ1v) is 5.96. The van der Waals surface area contributed by atoms with E-state index >= 15 is 0 Å². The Morgan fingerprint density at radius 3 is 2.81 bits per heavy atom. The molecule has 0 spiro atoms. The van der Waals surface area contributed by atoms with Crippen molar-refractivity contribution in [2.45, 2.75) is 26.3 Å². The third-order valence-corrected chi connectivity index (χ3v) is 3.16. The van der Waals surface area contributed by atoms with Crippen LogP contribution in [0.4, 0.5) is 10.1 Å². The molecule has 16 heavy (non-hydrogen) atoms. The van der Waals surface area contributed by atoms with Crippen LogP contribution in [0.5, 0.6) is 0 Å². The summed E-state index contributed by atoms with van der Waals surface area (Å²) in [6.45, 7) is 4.84. The lowest BCUT2D eigenvalue weighted by Gasteiger charge is -2.20. The Kier molecular flexibility index (Phi) is 3.44. The van der Waals surface area contributed by atoms with Crippen molar-refractivity contribution < 1.29 is 4.39 Å². The molecule has 0 unspecified atom stereocenters. The van der Waals surface area contributed by atoms with Crippen LogP contribution < -0.4 is 5.73 Å². The van der Waals surface area contributed by atoms with E-state index in [0.29, 0.717) is 12.1 Å². The molecule has 0 amide bonds. The first kappa shape index (κ1) is 11.4. The highest BCUT2D eigenvalue weighted by molar-refractivity contribution is 5.42. The van der Waals surface area contributed by atoms with Gasteiger partial charge in [-0.15, -0.1) is 0 Å². The average molecular weight is 222 g/mol. The predicted molar refractivity (Wildman–Crippen MR) is 64.5 cm³/mol. The number of benzene rings is 1. The van der Waals surface area contributed by atoms with Gasteiger partial charge in [0.2, 0.25) is 0 Å². The Morgan fingerprint density at radius 1 is 1.44 bits per heavy atom. The van der Waals surface area contributed by atoms with Crippen LogP contribution in [-0.2, 0) is 6.54 Å². The van der Waals surface area contributed by atoms with Gasteiger partial charge in [0.05, 0.1) is 5.69 Å². The van der Waals surface area contributed by atoms with Crippen LogP contribution in [0.2, 0.25) is 0 Å². The highest BCUT2D eigenvalue weighted by atomic mass is 19.1. The molecule has 2 N–H and O–H groups in total. The summed E-state index contributed by atoms with van der Waals surface area (Å²) in [7, 11) is 0. The van der Waals surface area contributed by atoms with E-state index in [2.05, 4.69) is 11.8 Å². The molecule has 1 aromatic rings. The van der Waals surface area contributed by atoms with Gasteiger partial charge in [0.25, 0.3) is 0 Å². The van der Waals surface area contributed by atoms with Crippen molar-refractivity contribution in [3.63, 3.8) is 0 Å². The summed E-state index contributed by atoms with van der Waals surface area (Å²) in [6, 6.07) is 5.25. The van der Waals surface area contributed by atoms with Crippen LogP contribution in [0.1, 0.15) is 25.3 Å². The molecule has 1 saturated carbocycles. The van der Waals surface area contributed by atoms with Gasteiger partial charge in [-0.05, 0) is 31.4 Å². The van der Waals surface area contributed by atoms with Crippen LogP contribution in [0, 0.1) is 11.7 Å². The minimum atomic E-state index is -0.253. The van der Waals surface area contributed by atoms with Gasteiger partial charge < -0.3 is 5.73 Å². The highest BCUT2D eigenvalue weighted by Gasteiger charge is 2.24. The van der Waals surface area contributed by atoms with Gasteiger partial charge in [0.1, 0.15) is 0 Å². The number of nitrogens with two attached hydrogens (primary N) is 1. The second kappa shape index (κ2) is 4.83. The maximum atomic E-state index is 13.7. The molecule has 0 atom stereocenters. The summed E-state index contributed by atoms with van der Waals surface area (Å²) in [4.78, 5) is 2.29. The zero-order valence-electron chi connectivity index (χ0n) is 9.75. The number of rotatable bonds is 5. The van der Waals surface area contributed by atoms with Gasteiger partial charge in [-0.3, -0.25) is 4.90 Å². The lowest BCUT2D eigenvalue weighted by atomic mass is 10.1. The summed E-state index contributed by atoms with van der Waals surface area (Å²) >= 11 is 0. The van der Waals surface area contributed by atoms with Gasteiger partial charge >= 0.3 is 0 Å². The smallest absolute Gasteiger partial charge is 0.150 e. The van der Waals surface area contributed by atoms with Gasteiger partial charge in [0, 0.05) is 18.7 Å². The monoisotopic (exact) mass is 222 g/mol. The molecule has 0 bridgehead atoms. The maximum Gasteiger partial charge on any atom is 0.150 e. The number of anilines is 1. The topological polar surface area (TPSA) is 29.3 Å². The van der Waals surface area contributed by atoms with Crippen LogP contribution >= 0.6 is 0 Å². The number of nitrogens with zero attached hydrogens (tertiary/aromatic N) is 1. The van der Waals surface area contributed by atoms with E-state index in [4.69, 9.17) is 5.73 Å². The second-order valence-electron chi connectivity index (χ2n) is 4.59. The first-order chi connectivity index (χ1) is 7.70. The standard InChI is InChI=1S/C13H19FN2/c1-2-16(8-10-6-7-10)9-11-4-3-5-12(15)13(11)14/h3-5,10H,2,6-9,15H2,1H3. The quantitative estimate of drug-likeness (QED) is 0.776. The van der Waals surface area contributed by atoms with Crippen molar-refractivity contribution in [1.82, 2.24) is 4.90 Å². The fourth-order valence-corrected chi connectivity index (χ4v) is 1.93. The summed E-state index contributed by atoms with van der Waals surface area (Å²) < 4.78 is 13.7. The van der Waals surface area contributed by atoms with Crippen molar-refractivity contribution in [3.05, 3.63) is 29.6 Å². The lowest BCUT2D eigenvalue weighted by Crippen LogP contribution is -2.25. The van der Waals surface area contributed by atoms with E-state index in [1.807, 2.05) is 12.1 Å². The van der Waals surface area contributed by atoms with Crippen LogP contribution in [0.25, 0.3) is 0 Å². The van der Waals surface area contributed by atoms with Gasteiger partial charge in [-0.25, -0.2) is 4.39 Å². The number of halogens is 1. The maximum absolute atomic E-state index is 13.7. The summed E-state index contributed by atoms with van der Waals surface area (Å²) in [5, 5.41) is 0. The lowest BCUT2D eigenvalue weighted by molar-refractivity contribution is 0.265. The Balaban J connectivity index is 2.02. The summed E-state index contributed by atoms with van der Waals surface area (Å²) in [6.07, 6.45) is 2.66. The molecule has 1 aromatic carbocycles. The largest absolute Gasteiger partial charge is 0.396 e. The molecule has 0 aromatic heterocycles. The molecule has 88 valence electrons.